The molecule has 2 aromatic rings. The average molecular weight is 285 g/mol. The lowest BCUT2D eigenvalue weighted by atomic mass is 9.93. The SMILES string of the molecule is C[C@H](NCc1nn(C)c2ccccc12)C1CCCCCC1. The van der Waals surface area contributed by atoms with Crippen LogP contribution in [0, 0.1) is 5.92 Å². The molecule has 0 spiro atoms. The molecule has 0 saturated heterocycles. The maximum absolute atomic E-state index is 4.68. The van der Waals surface area contributed by atoms with Gasteiger partial charge in [0.2, 0.25) is 0 Å². The number of para-hydroxylation sites is 1. The molecular weight excluding hydrogens is 258 g/mol. The van der Waals surface area contributed by atoms with E-state index in [9.17, 15) is 0 Å². The summed E-state index contributed by atoms with van der Waals surface area (Å²) >= 11 is 0. The van der Waals surface area contributed by atoms with Crippen LogP contribution in [0.3, 0.4) is 0 Å². The molecule has 3 rings (SSSR count). The number of aromatic nitrogens is 2. The number of benzene rings is 1. The van der Waals surface area contributed by atoms with E-state index in [0.29, 0.717) is 6.04 Å². The van der Waals surface area contributed by atoms with Crippen LogP contribution in [0.1, 0.15) is 51.1 Å². The Morgan fingerprint density at radius 1 is 1.19 bits per heavy atom. The molecule has 1 aliphatic rings. The molecule has 0 radical (unpaired) electrons. The molecule has 0 bridgehead atoms. The molecule has 1 saturated carbocycles. The largest absolute Gasteiger partial charge is 0.308 e. The molecule has 3 nitrogen and oxygen atoms in total. The fraction of sp³-hybridized carbons (Fsp3) is 0.611. The topological polar surface area (TPSA) is 29.9 Å². The van der Waals surface area contributed by atoms with Gasteiger partial charge in [0.1, 0.15) is 0 Å². The van der Waals surface area contributed by atoms with Crippen LogP contribution < -0.4 is 5.32 Å². The molecule has 114 valence electrons. The second-order valence-corrected chi connectivity index (χ2v) is 6.51. The van der Waals surface area contributed by atoms with Crippen LogP contribution in [-0.2, 0) is 13.6 Å². The van der Waals surface area contributed by atoms with Crippen molar-refractivity contribution in [3.63, 3.8) is 0 Å². The van der Waals surface area contributed by atoms with Crippen LogP contribution in [-0.4, -0.2) is 15.8 Å². The van der Waals surface area contributed by atoms with E-state index in [2.05, 4.69) is 41.6 Å². The van der Waals surface area contributed by atoms with E-state index in [1.807, 2.05) is 11.7 Å². The standard InChI is InChI=1S/C18H27N3/c1-14(15-9-5-3-4-6-10-15)19-13-17-16-11-7-8-12-18(16)21(2)20-17/h7-8,11-12,14-15,19H,3-6,9-10,13H2,1-2H3/t14-/m0/s1. The number of hydrogen-bond acceptors (Lipinski definition) is 2. The third-order valence-corrected chi connectivity index (χ3v) is 5.03. The fourth-order valence-electron chi connectivity index (χ4n) is 3.65. The average Bonchev–Trinajstić information content (AvgIpc) is 2.71. The van der Waals surface area contributed by atoms with Crippen molar-refractivity contribution in [3.05, 3.63) is 30.0 Å². The maximum atomic E-state index is 4.68. The van der Waals surface area contributed by atoms with E-state index in [-0.39, 0.29) is 0 Å². The summed E-state index contributed by atoms with van der Waals surface area (Å²) in [6.45, 7) is 3.22. The summed E-state index contributed by atoms with van der Waals surface area (Å²) in [4.78, 5) is 0. The Balaban J connectivity index is 1.65. The van der Waals surface area contributed by atoms with Gasteiger partial charge < -0.3 is 5.32 Å². The van der Waals surface area contributed by atoms with E-state index in [1.165, 1.54) is 55.1 Å². The first kappa shape index (κ1) is 14.6. The minimum atomic E-state index is 0.587. The Labute approximate surface area is 127 Å². The second-order valence-electron chi connectivity index (χ2n) is 6.51. The van der Waals surface area contributed by atoms with Gasteiger partial charge in [-0.05, 0) is 31.7 Å². The molecule has 1 fully saturated rings. The van der Waals surface area contributed by atoms with Crippen molar-refractivity contribution in [2.75, 3.05) is 0 Å². The molecule has 0 amide bonds. The molecule has 1 aromatic carbocycles. The highest BCUT2D eigenvalue weighted by molar-refractivity contribution is 5.81. The van der Waals surface area contributed by atoms with E-state index in [0.717, 1.165) is 12.5 Å². The van der Waals surface area contributed by atoms with E-state index in [4.69, 9.17) is 0 Å². The lowest BCUT2D eigenvalue weighted by Gasteiger charge is -2.23. The fourth-order valence-corrected chi connectivity index (χ4v) is 3.65. The first-order chi connectivity index (χ1) is 10.3. The monoisotopic (exact) mass is 285 g/mol. The predicted octanol–water partition coefficient (Wildman–Crippen LogP) is 4.02. The van der Waals surface area contributed by atoms with Crippen LogP contribution in [0.25, 0.3) is 10.9 Å². The number of nitrogens with zero attached hydrogens (tertiary/aromatic N) is 2. The van der Waals surface area contributed by atoms with Gasteiger partial charge in [0, 0.05) is 25.0 Å². The van der Waals surface area contributed by atoms with Crippen molar-refractivity contribution < 1.29 is 0 Å². The van der Waals surface area contributed by atoms with Crippen LogP contribution in [0.15, 0.2) is 24.3 Å². The molecular formula is C18H27N3. The van der Waals surface area contributed by atoms with Crippen LogP contribution in [0.4, 0.5) is 0 Å². The Bertz CT molecular complexity index is 579. The molecule has 1 heterocycles. The Morgan fingerprint density at radius 3 is 2.67 bits per heavy atom. The lowest BCUT2D eigenvalue weighted by molar-refractivity contribution is 0.335. The minimum absolute atomic E-state index is 0.587. The van der Waals surface area contributed by atoms with Crippen molar-refractivity contribution in [1.29, 1.82) is 0 Å². The maximum Gasteiger partial charge on any atom is 0.0841 e. The number of nitrogens with one attached hydrogen (secondary N) is 1. The summed E-state index contributed by atoms with van der Waals surface area (Å²) in [6.07, 6.45) is 8.43. The Kier molecular flexibility index (Phi) is 4.59. The number of fused-ring (bicyclic) bond motifs is 1. The third kappa shape index (κ3) is 3.29. The van der Waals surface area contributed by atoms with Gasteiger partial charge >= 0.3 is 0 Å². The quantitative estimate of drug-likeness (QED) is 0.860. The van der Waals surface area contributed by atoms with Crippen LogP contribution in [0.5, 0.6) is 0 Å². The molecule has 1 aromatic heterocycles. The minimum Gasteiger partial charge on any atom is -0.308 e. The van der Waals surface area contributed by atoms with Gasteiger partial charge in [-0.2, -0.15) is 5.10 Å². The van der Waals surface area contributed by atoms with Crippen LogP contribution >= 0.6 is 0 Å². The predicted molar refractivity (Wildman–Crippen MR) is 88.2 cm³/mol. The lowest BCUT2D eigenvalue weighted by Crippen LogP contribution is -2.33. The number of rotatable bonds is 4. The van der Waals surface area contributed by atoms with Gasteiger partial charge in [-0.15, -0.1) is 0 Å². The Hall–Kier alpha value is -1.35. The van der Waals surface area contributed by atoms with E-state index < -0.39 is 0 Å². The van der Waals surface area contributed by atoms with Crippen molar-refractivity contribution in [2.45, 2.75) is 58.0 Å². The zero-order valence-corrected chi connectivity index (χ0v) is 13.3. The van der Waals surface area contributed by atoms with Crippen molar-refractivity contribution in [2.24, 2.45) is 13.0 Å². The highest BCUT2D eigenvalue weighted by Gasteiger charge is 2.19. The van der Waals surface area contributed by atoms with Crippen molar-refractivity contribution in [3.8, 4) is 0 Å². The molecule has 0 unspecified atom stereocenters. The van der Waals surface area contributed by atoms with Crippen molar-refractivity contribution in [1.82, 2.24) is 15.1 Å². The molecule has 21 heavy (non-hydrogen) atoms. The normalized spacial score (nSPS) is 18.8. The third-order valence-electron chi connectivity index (χ3n) is 5.03. The smallest absolute Gasteiger partial charge is 0.0841 e. The van der Waals surface area contributed by atoms with Gasteiger partial charge in [0.25, 0.3) is 0 Å². The van der Waals surface area contributed by atoms with Gasteiger partial charge in [0.05, 0.1) is 11.2 Å². The van der Waals surface area contributed by atoms with E-state index >= 15 is 0 Å². The summed E-state index contributed by atoms with van der Waals surface area (Å²) in [5, 5.41) is 9.68. The number of hydrogen-bond donors (Lipinski definition) is 1. The van der Waals surface area contributed by atoms with E-state index in [1.54, 1.807) is 0 Å². The molecule has 1 atom stereocenters. The highest BCUT2D eigenvalue weighted by Crippen LogP contribution is 2.26. The highest BCUT2D eigenvalue weighted by atomic mass is 15.3. The molecule has 3 heteroatoms. The summed E-state index contributed by atoms with van der Waals surface area (Å²) in [5.74, 6) is 0.836. The van der Waals surface area contributed by atoms with Gasteiger partial charge in [-0.25, -0.2) is 0 Å². The van der Waals surface area contributed by atoms with Gasteiger partial charge in [-0.3, -0.25) is 4.68 Å². The summed E-state index contributed by atoms with van der Waals surface area (Å²) < 4.78 is 1.99. The summed E-state index contributed by atoms with van der Waals surface area (Å²) in [6, 6.07) is 9.08. The summed E-state index contributed by atoms with van der Waals surface area (Å²) in [7, 11) is 2.03. The first-order valence-corrected chi connectivity index (χ1v) is 8.39. The van der Waals surface area contributed by atoms with Gasteiger partial charge in [-0.1, -0.05) is 43.9 Å². The van der Waals surface area contributed by atoms with Gasteiger partial charge in [0.15, 0.2) is 0 Å². The Morgan fingerprint density at radius 2 is 1.90 bits per heavy atom. The van der Waals surface area contributed by atoms with Crippen LogP contribution in [0.2, 0.25) is 0 Å². The molecule has 1 aliphatic carbocycles. The molecule has 1 N–H and O–H groups in total. The second kappa shape index (κ2) is 6.61. The molecule has 0 aliphatic heterocycles. The zero-order valence-electron chi connectivity index (χ0n) is 13.3. The zero-order chi connectivity index (χ0) is 14.7. The number of aryl methyl sites for hydroxylation is 1. The summed E-state index contributed by atoms with van der Waals surface area (Å²) in [5.41, 5.74) is 2.39. The first-order valence-electron chi connectivity index (χ1n) is 8.39. The van der Waals surface area contributed by atoms with Crippen molar-refractivity contribution >= 4 is 10.9 Å².